The molecule has 1 aliphatic carbocycles. The Morgan fingerprint density at radius 2 is 1.97 bits per heavy atom. The molecule has 0 aromatic carbocycles. The molecule has 0 radical (unpaired) electrons. The molecule has 2 rings (SSSR count). The topological polar surface area (TPSA) is 61.5 Å². The second-order valence-electron chi connectivity index (χ2n) is 9.44. The van der Waals surface area contributed by atoms with E-state index in [-0.39, 0.29) is 0 Å². The molecule has 1 aromatic heterocycles. The van der Waals surface area contributed by atoms with Crippen LogP contribution in [0.15, 0.2) is 6.20 Å². The van der Waals surface area contributed by atoms with Gasteiger partial charge in [-0.05, 0) is 58.0 Å². The van der Waals surface area contributed by atoms with Gasteiger partial charge in [-0.15, -0.1) is 0 Å². The van der Waals surface area contributed by atoms with Gasteiger partial charge >= 0.3 is 0 Å². The molecular weight excluding hydrogens is 376 g/mol. The van der Waals surface area contributed by atoms with Crippen molar-refractivity contribution in [3.05, 3.63) is 17.5 Å². The number of ether oxygens (including phenoxy) is 1. The SMILES string of the molecule is CCCCN(C)Cc1cn[nH]c1C1CCC(N(CCCOC)C(=O)CC(C)C)CC1. The number of aromatic amines is 1. The van der Waals surface area contributed by atoms with Gasteiger partial charge in [-0.3, -0.25) is 9.89 Å². The molecule has 1 saturated carbocycles. The van der Waals surface area contributed by atoms with Crippen LogP contribution in [0.3, 0.4) is 0 Å². The molecule has 6 nitrogen and oxygen atoms in total. The minimum absolute atomic E-state index is 0.310. The van der Waals surface area contributed by atoms with Crippen molar-refractivity contribution in [2.75, 3.05) is 33.9 Å². The van der Waals surface area contributed by atoms with E-state index in [1.54, 1.807) is 7.11 Å². The Morgan fingerprint density at radius 1 is 1.23 bits per heavy atom. The Kier molecular flexibility index (Phi) is 10.9. The summed E-state index contributed by atoms with van der Waals surface area (Å²) in [6.07, 6.45) is 10.4. The van der Waals surface area contributed by atoms with Crippen LogP contribution in [0.2, 0.25) is 0 Å². The molecule has 172 valence electrons. The molecule has 6 heteroatoms. The number of unbranched alkanes of at least 4 members (excludes halogenated alkanes) is 1. The molecule has 1 heterocycles. The predicted molar refractivity (Wildman–Crippen MR) is 122 cm³/mol. The lowest BCUT2D eigenvalue weighted by Gasteiger charge is -2.37. The first kappa shape index (κ1) is 24.9. The molecule has 30 heavy (non-hydrogen) atoms. The highest BCUT2D eigenvalue weighted by atomic mass is 16.5. The van der Waals surface area contributed by atoms with Crippen molar-refractivity contribution in [3.63, 3.8) is 0 Å². The van der Waals surface area contributed by atoms with Crippen LogP contribution in [0.5, 0.6) is 0 Å². The summed E-state index contributed by atoms with van der Waals surface area (Å²) < 4.78 is 5.22. The number of carbonyl (C=O) groups is 1. The van der Waals surface area contributed by atoms with Gasteiger partial charge in [-0.25, -0.2) is 0 Å². The normalized spacial score (nSPS) is 19.6. The van der Waals surface area contributed by atoms with Crippen LogP contribution in [0.1, 0.15) is 89.3 Å². The number of amides is 1. The molecule has 0 spiro atoms. The summed E-state index contributed by atoms with van der Waals surface area (Å²) >= 11 is 0. The van der Waals surface area contributed by atoms with Crippen molar-refractivity contribution in [1.82, 2.24) is 20.0 Å². The molecule has 1 N–H and O–H groups in total. The summed E-state index contributed by atoms with van der Waals surface area (Å²) in [7, 11) is 3.93. The van der Waals surface area contributed by atoms with Crippen molar-refractivity contribution in [1.29, 1.82) is 0 Å². The van der Waals surface area contributed by atoms with Crippen molar-refractivity contribution in [3.8, 4) is 0 Å². The number of hydrogen-bond donors (Lipinski definition) is 1. The third kappa shape index (κ3) is 7.69. The van der Waals surface area contributed by atoms with Crippen molar-refractivity contribution in [2.24, 2.45) is 5.92 Å². The van der Waals surface area contributed by atoms with Gasteiger partial charge in [-0.2, -0.15) is 5.10 Å². The molecular formula is C24H44N4O2. The molecule has 1 aliphatic rings. The lowest BCUT2D eigenvalue weighted by molar-refractivity contribution is -0.135. The summed E-state index contributed by atoms with van der Waals surface area (Å²) in [5.74, 6) is 1.24. The third-order valence-electron chi connectivity index (χ3n) is 6.28. The van der Waals surface area contributed by atoms with E-state index in [0.717, 1.165) is 51.7 Å². The number of H-pyrrole nitrogens is 1. The lowest BCUT2D eigenvalue weighted by atomic mass is 9.82. The van der Waals surface area contributed by atoms with E-state index in [1.165, 1.54) is 24.1 Å². The van der Waals surface area contributed by atoms with Crippen molar-refractivity contribution >= 4 is 5.91 Å². The average molecular weight is 421 g/mol. The number of carbonyl (C=O) groups excluding carboxylic acids is 1. The summed E-state index contributed by atoms with van der Waals surface area (Å²) in [6.45, 7) is 10.1. The van der Waals surface area contributed by atoms with Crippen molar-refractivity contribution < 1.29 is 9.53 Å². The van der Waals surface area contributed by atoms with Crippen LogP contribution in [0, 0.1) is 5.92 Å². The number of nitrogens with zero attached hydrogens (tertiary/aromatic N) is 3. The molecule has 0 unspecified atom stereocenters. The Hall–Kier alpha value is -1.40. The Balaban J connectivity index is 1.95. The highest BCUT2D eigenvalue weighted by Gasteiger charge is 2.30. The summed E-state index contributed by atoms with van der Waals surface area (Å²) in [6, 6.07) is 0.364. The van der Waals surface area contributed by atoms with Gasteiger partial charge in [0.05, 0.1) is 6.20 Å². The van der Waals surface area contributed by atoms with Gasteiger partial charge in [0, 0.05) is 56.4 Å². The zero-order chi connectivity index (χ0) is 21.9. The van der Waals surface area contributed by atoms with Gasteiger partial charge in [-0.1, -0.05) is 27.2 Å². The van der Waals surface area contributed by atoms with Gasteiger partial charge in [0.15, 0.2) is 0 Å². The fourth-order valence-electron chi connectivity index (χ4n) is 4.63. The first-order valence-electron chi connectivity index (χ1n) is 11.9. The van der Waals surface area contributed by atoms with Gasteiger partial charge in [0.1, 0.15) is 0 Å². The highest BCUT2D eigenvalue weighted by Crippen LogP contribution is 2.36. The molecule has 1 aromatic rings. The predicted octanol–water partition coefficient (Wildman–Crippen LogP) is 4.58. The van der Waals surface area contributed by atoms with Crippen LogP contribution < -0.4 is 0 Å². The number of rotatable bonds is 13. The Morgan fingerprint density at radius 3 is 2.60 bits per heavy atom. The maximum absolute atomic E-state index is 12.9. The number of methoxy groups -OCH3 is 1. The van der Waals surface area contributed by atoms with Gasteiger partial charge in [0.2, 0.25) is 5.91 Å². The maximum atomic E-state index is 12.9. The van der Waals surface area contributed by atoms with Crippen LogP contribution in [-0.2, 0) is 16.1 Å². The second-order valence-corrected chi connectivity index (χ2v) is 9.44. The van der Waals surface area contributed by atoms with Gasteiger partial charge < -0.3 is 14.5 Å². The van der Waals surface area contributed by atoms with Crippen LogP contribution in [0.25, 0.3) is 0 Å². The minimum atomic E-state index is 0.310. The monoisotopic (exact) mass is 420 g/mol. The van der Waals surface area contributed by atoms with E-state index in [2.05, 4.69) is 47.8 Å². The average Bonchev–Trinajstić information content (AvgIpc) is 3.17. The molecule has 1 amide bonds. The molecule has 0 saturated heterocycles. The van der Waals surface area contributed by atoms with E-state index in [4.69, 9.17) is 4.74 Å². The Labute approximate surface area is 183 Å². The number of hydrogen-bond acceptors (Lipinski definition) is 4. The third-order valence-corrected chi connectivity index (χ3v) is 6.28. The fourth-order valence-corrected chi connectivity index (χ4v) is 4.63. The lowest BCUT2D eigenvalue weighted by Crippen LogP contribution is -2.43. The first-order chi connectivity index (χ1) is 14.5. The van der Waals surface area contributed by atoms with E-state index in [9.17, 15) is 4.79 Å². The number of aromatic nitrogens is 2. The molecule has 0 aliphatic heterocycles. The summed E-state index contributed by atoms with van der Waals surface area (Å²) in [5.41, 5.74) is 2.65. The van der Waals surface area contributed by atoms with Crippen LogP contribution >= 0.6 is 0 Å². The summed E-state index contributed by atoms with van der Waals surface area (Å²) in [5, 5.41) is 7.66. The Bertz CT molecular complexity index is 608. The fraction of sp³-hybridized carbons (Fsp3) is 0.833. The van der Waals surface area contributed by atoms with Crippen LogP contribution in [-0.4, -0.2) is 65.8 Å². The maximum Gasteiger partial charge on any atom is 0.223 e. The number of nitrogens with one attached hydrogen (secondary N) is 1. The van der Waals surface area contributed by atoms with E-state index < -0.39 is 0 Å². The zero-order valence-corrected chi connectivity index (χ0v) is 20.0. The largest absolute Gasteiger partial charge is 0.385 e. The highest BCUT2D eigenvalue weighted by molar-refractivity contribution is 5.76. The summed E-state index contributed by atoms with van der Waals surface area (Å²) in [4.78, 5) is 17.4. The molecule has 0 bridgehead atoms. The van der Waals surface area contributed by atoms with E-state index in [1.807, 2.05) is 6.20 Å². The van der Waals surface area contributed by atoms with Gasteiger partial charge in [0.25, 0.3) is 0 Å². The minimum Gasteiger partial charge on any atom is -0.385 e. The quantitative estimate of drug-likeness (QED) is 0.475. The van der Waals surface area contributed by atoms with Crippen molar-refractivity contribution in [2.45, 2.75) is 90.6 Å². The van der Waals surface area contributed by atoms with Crippen LogP contribution in [0.4, 0.5) is 0 Å². The smallest absolute Gasteiger partial charge is 0.223 e. The standard InChI is InChI=1S/C24H44N4O2/c1-6-7-13-27(4)18-21-17-25-26-24(21)20-9-11-22(12-10-20)28(14-8-15-30-5)23(29)16-19(2)3/h17,19-20,22H,6-16,18H2,1-5H3,(H,25,26). The first-order valence-corrected chi connectivity index (χ1v) is 11.9. The molecule has 1 fully saturated rings. The van der Waals surface area contributed by atoms with E-state index in [0.29, 0.717) is 36.8 Å². The van der Waals surface area contributed by atoms with E-state index >= 15 is 0 Å². The zero-order valence-electron chi connectivity index (χ0n) is 20.0. The second kappa shape index (κ2) is 13.1. The molecule has 0 atom stereocenters.